The standard InChI is InChI=1S/C17H18N2/c1-12-7-3-4-8-13(12)17(18)15-11-19(2)16-10-6-5-9-14(15)16/h3-11,17H,18H2,1-2H3. The molecule has 1 atom stereocenters. The molecule has 2 heteroatoms. The smallest absolute Gasteiger partial charge is 0.0575 e. The second-order valence-corrected chi connectivity index (χ2v) is 5.05. The van der Waals surface area contributed by atoms with Crippen LogP contribution in [-0.2, 0) is 7.05 Å². The average molecular weight is 250 g/mol. The Balaban J connectivity index is 2.17. The van der Waals surface area contributed by atoms with Crippen LogP contribution in [0.25, 0.3) is 10.9 Å². The average Bonchev–Trinajstić information content (AvgIpc) is 2.77. The van der Waals surface area contributed by atoms with Crippen LogP contribution in [-0.4, -0.2) is 4.57 Å². The molecule has 0 aliphatic heterocycles. The molecule has 96 valence electrons. The van der Waals surface area contributed by atoms with E-state index in [9.17, 15) is 0 Å². The van der Waals surface area contributed by atoms with Crippen molar-refractivity contribution in [2.45, 2.75) is 13.0 Å². The van der Waals surface area contributed by atoms with Crippen molar-refractivity contribution in [1.29, 1.82) is 0 Å². The molecule has 0 saturated carbocycles. The summed E-state index contributed by atoms with van der Waals surface area (Å²) in [6.45, 7) is 2.11. The van der Waals surface area contributed by atoms with Gasteiger partial charge in [0, 0.05) is 24.1 Å². The first-order chi connectivity index (χ1) is 9.18. The van der Waals surface area contributed by atoms with Gasteiger partial charge in [0.2, 0.25) is 0 Å². The Labute approximate surface area is 113 Å². The zero-order valence-electron chi connectivity index (χ0n) is 11.3. The number of aryl methyl sites for hydroxylation is 2. The van der Waals surface area contributed by atoms with Crippen molar-refractivity contribution in [1.82, 2.24) is 4.57 Å². The lowest BCUT2D eigenvalue weighted by atomic mass is 9.95. The number of aromatic nitrogens is 1. The van der Waals surface area contributed by atoms with Crippen LogP contribution >= 0.6 is 0 Å². The first kappa shape index (κ1) is 12.0. The Hall–Kier alpha value is -2.06. The summed E-state index contributed by atoms with van der Waals surface area (Å²) in [5.41, 5.74) is 11.3. The van der Waals surface area contributed by atoms with Crippen LogP contribution in [0.2, 0.25) is 0 Å². The molecule has 1 unspecified atom stereocenters. The molecule has 3 aromatic rings. The van der Waals surface area contributed by atoms with Gasteiger partial charge in [-0.1, -0.05) is 42.5 Å². The Morgan fingerprint density at radius 2 is 1.63 bits per heavy atom. The molecule has 0 bridgehead atoms. The largest absolute Gasteiger partial charge is 0.350 e. The lowest BCUT2D eigenvalue weighted by molar-refractivity contribution is 0.853. The number of hydrogen-bond acceptors (Lipinski definition) is 1. The van der Waals surface area contributed by atoms with Crippen molar-refractivity contribution >= 4 is 10.9 Å². The Morgan fingerprint density at radius 1 is 0.947 bits per heavy atom. The number of fused-ring (bicyclic) bond motifs is 1. The third kappa shape index (κ3) is 1.94. The fourth-order valence-corrected chi connectivity index (χ4v) is 2.72. The highest BCUT2D eigenvalue weighted by Gasteiger charge is 2.16. The molecular formula is C17H18N2. The number of benzene rings is 2. The highest BCUT2D eigenvalue weighted by molar-refractivity contribution is 5.84. The molecular weight excluding hydrogens is 232 g/mol. The zero-order valence-corrected chi connectivity index (χ0v) is 11.3. The van der Waals surface area contributed by atoms with Crippen molar-refractivity contribution in [2.75, 3.05) is 0 Å². The SMILES string of the molecule is Cc1ccccc1C(N)c1cn(C)c2ccccc12. The van der Waals surface area contributed by atoms with Crippen LogP contribution in [0.4, 0.5) is 0 Å². The fourth-order valence-electron chi connectivity index (χ4n) is 2.72. The van der Waals surface area contributed by atoms with E-state index in [1.54, 1.807) is 0 Å². The highest BCUT2D eigenvalue weighted by atomic mass is 14.9. The zero-order chi connectivity index (χ0) is 13.4. The van der Waals surface area contributed by atoms with Gasteiger partial charge in [-0.15, -0.1) is 0 Å². The summed E-state index contributed by atoms with van der Waals surface area (Å²) in [6.07, 6.45) is 2.14. The van der Waals surface area contributed by atoms with Gasteiger partial charge in [0.25, 0.3) is 0 Å². The second kappa shape index (κ2) is 4.56. The van der Waals surface area contributed by atoms with E-state index in [1.807, 2.05) is 6.07 Å². The van der Waals surface area contributed by atoms with E-state index < -0.39 is 0 Å². The second-order valence-electron chi connectivity index (χ2n) is 5.05. The molecule has 2 aromatic carbocycles. The first-order valence-corrected chi connectivity index (χ1v) is 6.53. The molecule has 19 heavy (non-hydrogen) atoms. The van der Waals surface area contributed by atoms with E-state index in [0.717, 1.165) is 0 Å². The molecule has 0 aliphatic carbocycles. The van der Waals surface area contributed by atoms with Crippen LogP contribution in [0.15, 0.2) is 54.7 Å². The van der Waals surface area contributed by atoms with Crippen molar-refractivity contribution in [3.63, 3.8) is 0 Å². The van der Waals surface area contributed by atoms with Crippen LogP contribution in [0.3, 0.4) is 0 Å². The molecule has 2 nitrogen and oxygen atoms in total. The topological polar surface area (TPSA) is 30.9 Å². The Bertz CT molecular complexity index is 725. The molecule has 1 aromatic heterocycles. The van der Waals surface area contributed by atoms with Crippen molar-refractivity contribution < 1.29 is 0 Å². The van der Waals surface area contributed by atoms with Crippen LogP contribution in [0, 0.1) is 6.92 Å². The van der Waals surface area contributed by atoms with Gasteiger partial charge < -0.3 is 10.3 Å². The lowest BCUT2D eigenvalue weighted by Gasteiger charge is -2.14. The van der Waals surface area contributed by atoms with E-state index in [1.165, 1.54) is 27.6 Å². The molecule has 0 fully saturated rings. The summed E-state index contributed by atoms with van der Waals surface area (Å²) in [5, 5.41) is 1.24. The summed E-state index contributed by atoms with van der Waals surface area (Å²) >= 11 is 0. The molecule has 0 amide bonds. The minimum atomic E-state index is -0.0766. The number of para-hydroxylation sites is 1. The maximum atomic E-state index is 6.48. The van der Waals surface area contributed by atoms with E-state index in [-0.39, 0.29) is 6.04 Å². The van der Waals surface area contributed by atoms with Crippen LogP contribution < -0.4 is 5.73 Å². The summed E-state index contributed by atoms with van der Waals surface area (Å²) < 4.78 is 2.14. The van der Waals surface area contributed by atoms with Gasteiger partial charge >= 0.3 is 0 Å². The number of rotatable bonds is 2. The monoisotopic (exact) mass is 250 g/mol. The molecule has 0 spiro atoms. The van der Waals surface area contributed by atoms with E-state index in [0.29, 0.717) is 0 Å². The third-order valence-electron chi connectivity index (χ3n) is 3.79. The fraction of sp³-hybridized carbons (Fsp3) is 0.176. The maximum absolute atomic E-state index is 6.48. The molecule has 2 N–H and O–H groups in total. The van der Waals surface area contributed by atoms with Gasteiger partial charge in [0.05, 0.1) is 6.04 Å². The molecule has 0 aliphatic rings. The molecule has 0 saturated heterocycles. The van der Waals surface area contributed by atoms with Gasteiger partial charge in [-0.05, 0) is 29.7 Å². The highest BCUT2D eigenvalue weighted by Crippen LogP contribution is 2.29. The minimum Gasteiger partial charge on any atom is -0.350 e. The van der Waals surface area contributed by atoms with E-state index in [4.69, 9.17) is 5.73 Å². The van der Waals surface area contributed by atoms with Gasteiger partial charge in [0.1, 0.15) is 0 Å². The van der Waals surface area contributed by atoms with Crippen molar-refractivity contribution in [2.24, 2.45) is 12.8 Å². The van der Waals surface area contributed by atoms with Gasteiger partial charge in [0.15, 0.2) is 0 Å². The third-order valence-corrected chi connectivity index (χ3v) is 3.79. The van der Waals surface area contributed by atoms with Crippen molar-refractivity contribution in [3.05, 3.63) is 71.4 Å². The maximum Gasteiger partial charge on any atom is 0.0575 e. The number of nitrogens with two attached hydrogens (primary N) is 1. The molecule has 3 rings (SSSR count). The number of nitrogens with zero attached hydrogens (tertiary/aromatic N) is 1. The quantitative estimate of drug-likeness (QED) is 0.741. The first-order valence-electron chi connectivity index (χ1n) is 6.53. The summed E-state index contributed by atoms with van der Waals surface area (Å²) in [4.78, 5) is 0. The Morgan fingerprint density at radius 3 is 2.42 bits per heavy atom. The predicted molar refractivity (Wildman–Crippen MR) is 80.1 cm³/mol. The minimum absolute atomic E-state index is 0.0766. The van der Waals surface area contributed by atoms with Gasteiger partial charge in [-0.3, -0.25) is 0 Å². The van der Waals surface area contributed by atoms with Crippen LogP contribution in [0.5, 0.6) is 0 Å². The molecule has 1 heterocycles. The predicted octanol–water partition coefficient (Wildman–Crippen LogP) is 3.53. The number of hydrogen-bond donors (Lipinski definition) is 1. The Kier molecular flexibility index (Phi) is 2.88. The van der Waals surface area contributed by atoms with Crippen molar-refractivity contribution in [3.8, 4) is 0 Å². The van der Waals surface area contributed by atoms with Crippen LogP contribution in [0.1, 0.15) is 22.7 Å². The van der Waals surface area contributed by atoms with Gasteiger partial charge in [-0.2, -0.15) is 0 Å². The van der Waals surface area contributed by atoms with E-state index >= 15 is 0 Å². The summed E-state index contributed by atoms with van der Waals surface area (Å²) in [6, 6.07) is 16.6. The summed E-state index contributed by atoms with van der Waals surface area (Å²) in [7, 11) is 2.07. The van der Waals surface area contributed by atoms with E-state index in [2.05, 4.69) is 67.2 Å². The normalized spacial score (nSPS) is 12.8. The molecule has 0 radical (unpaired) electrons. The lowest BCUT2D eigenvalue weighted by Crippen LogP contribution is -2.12. The van der Waals surface area contributed by atoms with Gasteiger partial charge in [-0.25, -0.2) is 0 Å². The summed E-state index contributed by atoms with van der Waals surface area (Å²) in [5.74, 6) is 0.